The fourth-order valence-corrected chi connectivity index (χ4v) is 4.67. The molecular formula is C18H36N2. The van der Waals surface area contributed by atoms with Crippen LogP contribution in [-0.4, -0.2) is 36.6 Å². The highest BCUT2D eigenvalue weighted by molar-refractivity contribution is 4.94. The van der Waals surface area contributed by atoms with E-state index in [1.54, 1.807) is 0 Å². The largest absolute Gasteiger partial charge is 0.313 e. The van der Waals surface area contributed by atoms with Crippen LogP contribution in [0, 0.1) is 23.7 Å². The minimum atomic E-state index is 0.729. The smallest absolute Gasteiger partial charge is 0.0252 e. The predicted octanol–water partition coefficient (Wildman–Crippen LogP) is 3.77. The third-order valence-corrected chi connectivity index (χ3v) is 5.63. The molecule has 1 heterocycles. The van der Waals surface area contributed by atoms with Gasteiger partial charge in [-0.15, -0.1) is 0 Å². The van der Waals surface area contributed by atoms with Crippen LogP contribution in [0.4, 0.5) is 0 Å². The molecule has 0 amide bonds. The van der Waals surface area contributed by atoms with Crippen molar-refractivity contribution >= 4 is 0 Å². The fourth-order valence-electron chi connectivity index (χ4n) is 4.67. The van der Waals surface area contributed by atoms with E-state index in [-0.39, 0.29) is 0 Å². The van der Waals surface area contributed by atoms with Crippen molar-refractivity contribution in [2.24, 2.45) is 23.7 Å². The number of hydrogen-bond donors (Lipinski definition) is 1. The molecule has 0 aromatic carbocycles. The summed E-state index contributed by atoms with van der Waals surface area (Å²) in [6, 6.07) is 1.51. The van der Waals surface area contributed by atoms with Crippen LogP contribution in [0.3, 0.4) is 0 Å². The van der Waals surface area contributed by atoms with Crippen LogP contribution in [0.25, 0.3) is 0 Å². The van der Waals surface area contributed by atoms with E-state index in [1.807, 2.05) is 0 Å². The first-order valence-electron chi connectivity index (χ1n) is 8.98. The summed E-state index contributed by atoms with van der Waals surface area (Å²) < 4.78 is 0. The first-order valence-corrected chi connectivity index (χ1v) is 8.98. The topological polar surface area (TPSA) is 15.3 Å². The first kappa shape index (κ1) is 16.3. The third-order valence-electron chi connectivity index (χ3n) is 5.63. The van der Waals surface area contributed by atoms with Crippen molar-refractivity contribution in [3.63, 3.8) is 0 Å². The van der Waals surface area contributed by atoms with E-state index in [0.717, 1.165) is 42.3 Å². The second-order valence-electron chi connectivity index (χ2n) is 7.95. The van der Waals surface area contributed by atoms with Gasteiger partial charge in [-0.05, 0) is 55.9 Å². The van der Waals surface area contributed by atoms with Crippen LogP contribution in [0.2, 0.25) is 0 Å². The molecule has 0 aromatic rings. The highest BCUT2D eigenvalue weighted by Gasteiger charge is 2.37. The van der Waals surface area contributed by atoms with Crippen molar-refractivity contribution < 1.29 is 0 Å². The summed E-state index contributed by atoms with van der Waals surface area (Å²) >= 11 is 0. The van der Waals surface area contributed by atoms with Crippen molar-refractivity contribution in [2.75, 3.05) is 19.6 Å². The van der Waals surface area contributed by atoms with Crippen LogP contribution in [-0.2, 0) is 0 Å². The van der Waals surface area contributed by atoms with Crippen molar-refractivity contribution in [1.29, 1.82) is 0 Å². The summed E-state index contributed by atoms with van der Waals surface area (Å²) in [5.41, 5.74) is 0. The SMILES string of the molecule is CCNC1CCC(C(C)C)CC1N1CC(C)CC(C)C1. The van der Waals surface area contributed by atoms with E-state index < -0.39 is 0 Å². The van der Waals surface area contributed by atoms with Crippen molar-refractivity contribution in [1.82, 2.24) is 10.2 Å². The fraction of sp³-hybridized carbons (Fsp3) is 1.00. The van der Waals surface area contributed by atoms with E-state index in [9.17, 15) is 0 Å². The molecule has 2 aliphatic rings. The number of hydrogen-bond acceptors (Lipinski definition) is 2. The Morgan fingerprint density at radius 2 is 1.70 bits per heavy atom. The normalized spacial score (nSPS) is 40.2. The van der Waals surface area contributed by atoms with Crippen molar-refractivity contribution in [2.45, 2.75) is 72.4 Å². The summed E-state index contributed by atoms with van der Waals surface area (Å²) in [4.78, 5) is 2.83. The summed E-state index contributed by atoms with van der Waals surface area (Å²) in [5, 5.41) is 3.78. The summed E-state index contributed by atoms with van der Waals surface area (Å²) in [5.74, 6) is 3.53. The minimum absolute atomic E-state index is 0.729. The van der Waals surface area contributed by atoms with Gasteiger partial charge in [0.05, 0.1) is 0 Å². The number of rotatable bonds is 4. The molecule has 20 heavy (non-hydrogen) atoms. The first-order chi connectivity index (χ1) is 9.51. The molecule has 2 heteroatoms. The molecule has 1 aliphatic carbocycles. The lowest BCUT2D eigenvalue weighted by atomic mass is 9.75. The van der Waals surface area contributed by atoms with Crippen LogP contribution < -0.4 is 5.32 Å². The second-order valence-corrected chi connectivity index (χ2v) is 7.95. The van der Waals surface area contributed by atoms with Gasteiger partial charge in [0.1, 0.15) is 0 Å². The number of likely N-dealkylation sites (N-methyl/N-ethyl adjacent to an activating group) is 1. The maximum atomic E-state index is 3.78. The van der Waals surface area contributed by atoms with Gasteiger partial charge in [0.15, 0.2) is 0 Å². The van der Waals surface area contributed by atoms with E-state index in [1.165, 1.54) is 38.8 Å². The highest BCUT2D eigenvalue weighted by atomic mass is 15.2. The highest BCUT2D eigenvalue weighted by Crippen LogP contribution is 2.35. The van der Waals surface area contributed by atoms with Gasteiger partial charge in [-0.1, -0.05) is 34.6 Å². The zero-order valence-electron chi connectivity index (χ0n) is 14.4. The Hall–Kier alpha value is -0.0800. The molecular weight excluding hydrogens is 244 g/mol. The average molecular weight is 280 g/mol. The van der Waals surface area contributed by atoms with E-state index >= 15 is 0 Å². The Labute approximate surface area is 126 Å². The maximum absolute atomic E-state index is 3.78. The van der Waals surface area contributed by atoms with E-state index in [4.69, 9.17) is 0 Å². The number of piperidine rings is 1. The molecule has 5 atom stereocenters. The molecule has 0 radical (unpaired) electrons. The van der Waals surface area contributed by atoms with Gasteiger partial charge < -0.3 is 5.32 Å². The van der Waals surface area contributed by atoms with Gasteiger partial charge in [0.2, 0.25) is 0 Å². The van der Waals surface area contributed by atoms with Gasteiger partial charge in [0, 0.05) is 25.2 Å². The van der Waals surface area contributed by atoms with Crippen molar-refractivity contribution in [3.05, 3.63) is 0 Å². The van der Waals surface area contributed by atoms with Gasteiger partial charge in [-0.25, -0.2) is 0 Å². The molecule has 2 fully saturated rings. The maximum Gasteiger partial charge on any atom is 0.0252 e. The summed E-state index contributed by atoms with van der Waals surface area (Å²) in [7, 11) is 0. The lowest BCUT2D eigenvalue weighted by molar-refractivity contribution is 0.0353. The minimum Gasteiger partial charge on any atom is -0.313 e. The Morgan fingerprint density at radius 1 is 1.05 bits per heavy atom. The summed E-state index contributed by atoms with van der Waals surface area (Å²) in [6.07, 6.45) is 5.63. The molecule has 1 saturated heterocycles. The van der Waals surface area contributed by atoms with Crippen LogP contribution >= 0.6 is 0 Å². The van der Waals surface area contributed by atoms with Crippen LogP contribution in [0.5, 0.6) is 0 Å². The van der Waals surface area contributed by atoms with Crippen LogP contribution in [0.15, 0.2) is 0 Å². The quantitative estimate of drug-likeness (QED) is 0.843. The number of likely N-dealkylation sites (tertiary alicyclic amines) is 1. The molecule has 0 bridgehead atoms. The molecule has 0 spiro atoms. The molecule has 1 N–H and O–H groups in total. The van der Waals surface area contributed by atoms with Crippen LogP contribution in [0.1, 0.15) is 60.3 Å². The van der Waals surface area contributed by atoms with E-state index in [0.29, 0.717) is 0 Å². The molecule has 1 saturated carbocycles. The molecule has 2 rings (SSSR count). The molecule has 1 aliphatic heterocycles. The Bertz CT molecular complexity index is 279. The third kappa shape index (κ3) is 3.98. The van der Waals surface area contributed by atoms with Crippen molar-refractivity contribution in [3.8, 4) is 0 Å². The Morgan fingerprint density at radius 3 is 2.25 bits per heavy atom. The summed E-state index contributed by atoms with van der Waals surface area (Å²) in [6.45, 7) is 15.7. The second kappa shape index (κ2) is 7.26. The van der Waals surface area contributed by atoms with E-state index in [2.05, 4.69) is 44.8 Å². The van der Waals surface area contributed by atoms with Gasteiger partial charge in [-0.2, -0.15) is 0 Å². The lowest BCUT2D eigenvalue weighted by Crippen LogP contribution is -2.56. The van der Waals surface area contributed by atoms with Gasteiger partial charge >= 0.3 is 0 Å². The van der Waals surface area contributed by atoms with Gasteiger partial charge in [-0.3, -0.25) is 4.90 Å². The monoisotopic (exact) mass is 280 g/mol. The standard InChI is InChI=1S/C18H36N2/c1-6-19-17-8-7-16(13(2)3)10-18(17)20-11-14(4)9-15(5)12-20/h13-19H,6-12H2,1-5H3. The average Bonchev–Trinajstić information content (AvgIpc) is 2.38. The molecule has 0 aromatic heterocycles. The predicted molar refractivity (Wildman–Crippen MR) is 87.9 cm³/mol. The number of nitrogens with zero attached hydrogens (tertiary/aromatic N) is 1. The number of nitrogens with one attached hydrogen (secondary N) is 1. The molecule has 2 nitrogen and oxygen atoms in total. The molecule has 118 valence electrons. The lowest BCUT2D eigenvalue weighted by Gasteiger charge is -2.47. The zero-order valence-corrected chi connectivity index (χ0v) is 14.4. The Kier molecular flexibility index (Phi) is 5.92. The molecule has 5 unspecified atom stereocenters. The zero-order chi connectivity index (χ0) is 14.7. The Balaban J connectivity index is 2.05. The van der Waals surface area contributed by atoms with Gasteiger partial charge in [0.25, 0.3) is 0 Å².